The number of carbonyl (C=O) groups is 2. The highest BCUT2D eigenvalue weighted by atomic mass is 32.2. The van der Waals surface area contributed by atoms with Crippen LogP contribution < -0.4 is 11.5 Å². The predicted octanol–water partition coefficient (Wildman–Crippen LogP) is 23.9. The van der Waals surface area contributed by atoms with Crippen LogP contribution in [0.25, 0.3) is 0 Å². The molecule has 0 amide bonds. The van der Waals surface area contributed by atoms with Crippen molar-refractivity contribution in [2.45, 2.75) is 299 Å². The second-order valence-electron chi connectivity index (χ2n) is 18.2. The molecule has 0 radical (unpaired) electrons. The van der Waals surface area contributed by atoms with Crippen molar-refractivity contribution in [2.24, 2.45) is 35.1 Å². The van der Waals surface area contributed by atoms with Gasteiger partial charge in [-0.25, -0.2) is 0 Å². The molecule has 476 valence electrons. The Morgan fingerprint density at radius 2 is 0.537 bits per heavy atom. The van der Waals surface area contributed by atoms with Crippen LogP contribution in [-0.4, -0.2) is 37.7 Å². The van der Waals surface area contributed by atoms with Crippen LogP contribution in [0.1, 0.15) is 299 Å². The van der Waals surface area contributed by atoms with E-state index in [2.05, 4.69) is 153 Å². The Labute approximate surface area is 514 Å². The van der Waals surface area contributed by atoms with Gasteiger partial charge in [0, 0.05) is 51.4 Å². The molecule has 0 bridgehead atoms. The molecule has 4 rings (SSSR count). The maximum atomic E-state index is 9.44. The standard InChI is InChI=1S/4C9H14.C5H12.C4H10S.2C3H6O.6C3H6.2C2H6.2CH5N/c4*1-9-7-5-3-2-4-6-8-9;1-3-5-4-2;1-3-4-5-2;2*1-3(2)4;6*1-3-2;4*1-2/h4*9H,3,5-8H2,1H3;3-5H2,1-2H3;3-4H2,1-2H3;2*1-2H3;6*3H,1H2,2H3;2*1-2H3;2*2H2,1H3. The molecule has 4 N–H and O–H groups in total. The van der Waals surface area contributed by atoms with Crippen LogP contribution in [0.5, 0.6) is 0 Å². The maximum absolute atomic E-state index is 9.44. The van der Waals surface area contributed by atoms with E-state index in [-0.39, 0.29) is 11.6 Å². The zero-order valence-corrected chi connectivity index (χ0v) is 59.9. The number of nitrogens with two attached hydrogens (primary N) is 2. The summed E-state index contributed by atoms with van der Waals surface area (Å²) in [6.07, 6.45) is 43.1. The van der Waals surface area contributed by atoms with Gasteiger partial charge in [-0.1, -0.05) is 132 Å². The highest BCUT2D eigenvalue weighted by molar-refractivity contribution is 7.98. The van der Waals surface area contributed by atoms with E-state index < -0.39 is 0 Å². The molecule has 0 aromatic heterocycles. The van der Waals surface area contributed by atoms with Crippen molar-refractivity contribution in [3.05, 3.63) is 75.9 Å². The molecule has 4 atom stereocenters. The number of carbonyl (C=O) groups excluding carboxylic acids is 2. The zero-order chi connectivity index (χ0) is 65.7. The van der Waals surface area contributed by atoms with Crippen molar-refractivity contribution in [1.29, 1.82) is 0 Å². The third-order valence-electron chi connectivity index (χ3n) is 8.66. The molecule has 5 heteroatoms. The molecule has 4 aliphatic rings. The van der Waals surface area contributed by atoms with Gasteiger partial charge in [-0.05, 0) is 202 Å². The minimum absolute atomic E-state index is 0.167. The molecule has 80 heavy (non-hydrogen) atoms. The third-order valence-corrected chi connectivity index (χ3v) is 9.48. The molecule has 0 aromatic rings. The second-order valence-corrected chi connectivity index (χ2v) is 19.2. The Morgan fingerprint density at radius 1 is 0.388 bits per heavy atom. The Balaban J connectivity index is -0.0000000495. The van der Waals surface area contributed by atoms with Crippen molar-refractivity contribution in [3.63, 3.8) is 0 Å². The summed E-state index contributed by atoms with van der Waals surface area (Å²) in [7, 11) is 3.00. The van der Waals surface area contributed by atoms with E-state index in [4.69, 9.17) is 0 Å². The van der Waals surface area contributed by atoms with Crippen molar-refractivity contribution < 1.29 is 9.59 Å². The van der Waals surface area contributed by atoms with Gasteiger partial charge < -0.3 is 21.1 Å². The van der Waals surface area contributed by atoms with E-state index in [1.807, 2.05) is 81.0 Å². The Bertz CT molecular complexity index is 1140. The van der Waals surface area contributed by atoms with Crippen LogP contribution in [0.4, 0.5) is 0 Å². The van der Waals surface area contributed by atoms with Gasteiger partial charge in [0.15, 0.2) is 0 Å². The second kappa shape index (κ2) is 141. The van der Waals surface area contributed by atoms with Crippen LogP contribution in [0.3, 0.4) is 0 Å². The lowest BCUT2D eigenvalue weighted by molar-refractivity contribution is -0.115. The van der Waals surface area contributed by atoms with E-state index in [9.17, 15) is 9.59 Å². The minimum Gasteiger partial charge on any atom is -0.333 e. The molecule has 0 aromatic carbocycles. The molecule has 0 saturated heterocycles. The fourth-order valence-corrected chi connectivity index (χ4v) is 5.68. The van der Waals surface area contributed by atoms with Crippen molar-refractivity contribution in [1.82, 2.24) is 0 Å². The lowest BCUT2D eigenvalue weighted by atomic mass is 9.97. The average molecular weight is 1140 g/mol. The van der Waals surface area contributed by atoms with Gasteiger partial charge in [-0.15, -0.1) is 86.8 Å². The minimum atomic E-state index is 0.167. The van der Waals surface area contributed by atoms with Gasteiger partial charge in [0.25, 0.3) is 0 Å². The van der Waals surface area contributed by atoms with Crippen LogP contribution in [-0.2, 0) is 9.59 Å². The number of allylic oxidation sites excluding steroid dienone is 6. The van der Waals surface area contributed by atoms with Crippen LogP contribution in [0, 0.1) is 71.0 Å². The van der Waals surface area contributed by atoms with Gasteiger partial charge in [-0.2, -0.15) is 11.8 Å². The number of thioether (sulfide) groups is 1. The summed E-state index contributed by atoms with van der Waals surface area (Å²) < 4.78 is 0. The van der Waals surface area contributed by atoms with E-state index in [1.165, 1.54) is 150 Å². The van der Waals surface area contributed by atoms with Crippen LogP contribution >= 0.6 is 11.8 Å². The van der Waals surface area contributed by atoms with E-state index in [0.29, 0.717) is 0 Å². The van der Waals surface area contributed by atoms with Crippen LogP contribution in [0.2, 0.25) is 0 Å². The molecule has 0 saturated carbocycles. The first-order valence-electron chi connectivity index (χ1n) is 31.2. The summed E-state index contributed by atoms with van der Waals surface area (Å²) in [5, 5.41) is 0. The fraction of sp³-hybridized carbons (Fsp3) is 0.707. The topological polar surface area (TPSA) is 86.2 Å². The zero-order valence-electron chi connectivity index (χ0n) is 59.1. The van der Waals surface area contributed by atoms with Gasteiger partial charge >= 0.3 is 0 Å². The number of Topliss-reactive ketones (excluding diaryl/α,β-unsaturated/α-hetero) is 2. The molecular formula is C75H148N2O2S. The third kappa shape index (κ3) is 246. The molecule has 4 unspecified atom stereocenters. The molecule has 0 heterocycles. The largest absolute Gasteiger partial charge is 0.333 e. The van der Waals surface area contributed by atoms with Gasteiger partial charge in [0.05, 0.1) is 0 Å². The Kier molecular flexibility index (Phi) is 196. The monoisotopic (exact) mass is 1140 g/mol. The quantitative estimate of drug-likeness (QED) is 0.216. The highest BCUT2D eigenvalue weighted by Crippen LogP contribution is 2.17. The fourth-order valence-electron chi connectivity index (χ4n) is 5.27. The molecule has 4 aliphatic carbocycles. The SMILES string of the molecule is C=CC.C=CC.C=CC.C=CC.C=CC.C=CC.CC.CC.CC(C)=O.CC(C)=O.CC1CCC#CCCC1.CC1CCC#CCCC1.CC1CCC#CCCC1.CC1CCC#CCCC1.CCCCC.CCCSC.CN.CN. The summed E-state index contributed by atoms with van der Waals surface area (Å²) in [4.78, 5) is 18.9. The van der Waals surface area contributed by atoms with Crippen molar-refractivity contribution >= 4 is 23.3 Å². The normalized spacial score (nSPS) is 15.3. The van der Waals surface area contributed by atoms with E-state index >= 15 is 0 Å². The summed E-state index contributed by atoms with van der Waals surface area (Å²) >= 11 is 1.90. The number of hydrogen-bond donors (Lipinski definition) is 2. The summed E-state index contributed by atoms with van der Waals surface area (Å²) in [6.45, 7) is 61.5. The average Bonchev–Trinajstić information content (AvgIpc) is 3.39. The van der Waals surface area contributed by atoms with Gasteiger partial charge in [0.1, 0.15) is 11.6 Å². The summed E-state index contributed by atoms with van der Waals surface area (Å²) in [5.74, 6) is 30.6. The lowest BCUT2D eigenvalue weighted by Gasteiger charge is -2.08. The van der Waals surface area contributed by atoms with E-state index in [1.54, 1.807) is 36.5 Å². The van der Waals surface area contributed by atoms with Crippen molar-refractivity contribution in [2.75, 3.05) is 26.1 Å². The number of rotatable bonds is 4. The number of ketones is 2. The predicted molar refractivity (Wildman–Crippen MR) is 385 cm³/mol. The number of hydrogen-bond acceptors (Lipinski definition) is 5. The smallest absolute Gasteiger partial charge is 0.126 e. The Hall–Kier alpha value is -3.71. The first kappa shape index (κ1) is 111. The molecule has 4 nitrogen and oxygen atoms in total. The number of unbranched alkanes of at least 4 members (excludes halogenated alkanes) is 2. The van der Waals surface area contributed by atoms with E-state index in [0.717, 1.165) is 75.0 Å². The molecule has 0 fully saturated rings. The van der Waals surface area contributed by atoms with Gasteiger partial charge in [-0.3, -0.25) is 0 Å². The molecule has 0 spiro atoms. The molecular weight excluding hydrogens is 993 g/mol. The van der Waals surface area contributed by atoms with Crippen LogP contribution in [0.15, 0.2) is 75.9 Å². The lowest BCUT2D eigenvalue weighted by Crippen LogP contribution is -1.95. The highest BCUT2D eigenvalue weighted by Gasteiger charge is 2.03. The van der Waals surface area contributed by atoms with Crippen molar-refractivity contribution in [3.8, 4) is 47.4 Å². The first-order chi connectivity index (χ1) is 38.4. The van der Waals surface area contributed by atoms with Gasteiger partial charge in [0.2, 0.25) is 0 Å². The summed E-state index contributed by atoms with van der Waals surface area (Å²) in [5.41, 5.74) is 9.00. The summed E-state index contributed by atoms with van der Waals surface area (Å²) in [6, 6.07) is 0. The molecule has 0 aliphatic heterocycles. The first-order valence-corrected chi connectivity index (χ1v) is 32.6. The maximum Gasteiger partial charge on any atom is 0.126 e. The Morgan fingerprint density at radius 3 is 0.637 bits per heavy atom.